The molecule has 0 fully saturated rings. The van der Waals surface area contributed by atoms with Crippen LogP contribution in [-0.4, -0.2) is 73.5 Å². The standard InChI is InChI=1S/C39H40ClFN4O7/c1-25(24-51-34-17-15-28(41)23-35(34)52-29-12-8-11-27(40)22-29)42-38(48)31-16-18-36(46)43-32(21-26-9-4-3-5-10-26)39(49)45(2)19-20-50-33-14-7-6-13-30(33)37(47)44-31/h3-15,17,22-23,25,31-32H,16,18-21,24H2,1-2H3,(H,42,48)(H,43,46)(H,44,47)/t25-,31+,32-/m1/s1. The van der Waals surface area contributed by atoms with Crippen LogP contribution >= 0.6 is 11.6 Å². The van der Waals surface area contributed by atoms with Crippen LogP contribution in [0.25, 0.3) is 0 Å². The molecule has 4 aromatic carbocycles. The van der Waals surface area contributed by atoms with E-state index >= 15 is 0 Å². The minimum Gasteiger partial charge on any atom is -0.491 e. The lowest BCUT2D eigenvalue weighted by Crippen LogP contribution is -2.51. The van der Waals surface area contributed by atoms with E-state index in [1.807, 2.05) is 30.3 Å². The largest absolute Gasteiger partial charge is 0.491 e. The molecule has 4 aromatic rings. The first-order chi connectivity index (χ1) is 25.0. The summed E-state index contributed by atoms with van der Waals surface area (Å²) in [7, 11) is 1.63. The van der Waals surface area contributed by atoms with Gasteiger partial charge in [0.2, 0.25) is 17.7 Å². The summed E-state index contributed by atoms with van der Waals surface area (Å²) in [6.07, 6.45) is 0.0264. The predicted molar refractivity (Wildman–Crippen MR) is 193 cm³/mol. The van der Waals surface area contributed by atoms with Gasteiger partial charge in [0, 0.05) is 31.0 Å². The van der Waals surface area contributed by atoms with Gasteiger partial charge in [-0.25, -0.2) is 4.39 Å². The number of benzene rings is 4. The third-order valence-electron chi connectivity index (χ3n) is 8.20. The molecule has 0 saturated carbocycles. The number of amides is 4. The minimum atomic E-state index is -1.14. The molecule has 0 aliphatic carbocycles. The zero-order chi connectivity index (χ0) is 37.0. The van der Waals surface area contributed by atoms with Crippen LogP contribution in [0.5, 0.6) is 23.0 Å². The molecule has 5 rings (SSSR count). The fourth-order valence-corrected chi connectivity index (χ4v) is 5.66. The Morgan fingerprint density at radius 1 is 0.981 bits per heavy atom. The number of hydrogen-bond acceptors (Lipinski definition) is 7. The molecule has 3 atom stereocenters. The van der Waals surface area contributed by atoms with Crippen LogP contribution in [0.15, 0.2) is 97.1 Å². The third-order valence-corrected chi connectivity index (χ3v) is 8.43. The van der Waals surface area contributed by atoms with Crippen LogP contribution in [0, 0.1) is 5.82 Å². The highest BCUT2D eigenvalue weighted by Gasteiger charge is 2.29. The monoisotopic (exact) mass is 730 g/mol. The van der Waals surface area contributed by atoms with E-state index in [-0.39, 0.29) is 67.7 Å². The Morgan fingerprint density at radius 3 is 2.54 bits per heavy atom. The van der Waals surface area contributed by atoms with Crippen molar-refractivity contribution in [3.8, 4) is 23.0 Å². The molecule has 1 aliphatic heterocycles. The van der Waals surface area contributed by atoms with Gasteiger partial charge >= 0.3 is 0 Å². The lowest BCUT2D eigenvalue weighted by molar-refractivity contribution is -0.135. The highest BCUT2D eigenvalue weighted by Crippen LogP contribution is 2.33. The molecule has 0 spiro atoms. The number of nitrogens with zero attached hydrogens (tertiary/aromatic N) is 1. The maximum absolute atomic E-state index is 14.1. The molecule has 0 bridgehead atoms. The van der Waals surface area contributed by atoms with E-state index in [1.165, 1.54) is 23.1 Å². The summed E-state index contributed by atoms with van der Waals surface area (Å²) in [6.45, 7) is 1.93. The van der Waals surface area contributed by atoms with Gasteiger partial charge in [-0.2, -0.15) is 0 Å². The Bertz CT molecular complexity index is 1880. The van der Waals surface area contributed by atoms with Crippen molar-refractivity contribution in [2.75, 3.05) is 26.8 Å². The first-order valence-corrected chi connectivity index (χ1v) is 17.2. The van der Waals surface area contributed by atoms with Gasteiger partial charge in [0.25, 0.3) is 5.91 Å². The maximum atomic E-state index is 14.1. The topological polar surface area (TPSA) is 135 Å². The van der Waals surface area contributed by atoms with Crippen molar-refractivity contribution in [1.82, 2.24) is 20.9 Å². The second-order valence-electron chi connectivity index (χ2n) is 12.4. The molecule has 0 aromatic heterocycles. The lowest BCUT2D eigenvalue weighted by Gasteiger charge is -2.25. The number of carbonyl (C=O) groups is 4. The van der Waals surface area contributed by atoms with Crippen molar-refractivity contribution in [3.05, 3.63) is 119 Å². The fraction of sp³-hybridized carbons (Fsp3) is 0.282. The Labute approximate surface area is 306 Å². The smallest absolute Gasteiger partial charge is 0.255 e. The molecule has 0 radical (unpaired) electrons. The van der Waals surface area contributed by atoms with E-state index in [9.17, 15) is 23.6 Å². The zero-order valence-corrected chi connectivity index (χ0v) is 29.5. The number of ether oxygens (including phenoxy) is 3. The molecule has 13 heteroatoms. The van der Waals surface area contributed by atoms with Gasteiger partial charge in [0.1, 0.15) is 42.6 Å². The number of nitrogens with one attached hydrogen (secondary N) is 3. The Morgan fingerprint density at radius 2 is 1.75 bits per heavy atom. The summed E-state index contributed by atoms with van der Waals surface area (Å²) in [5.74, 6) is -1.44. The van der Waals surface area contributed by atoms with Gasteiger partial charge in [-0.3, -0.25) is 19.2 Å². The second kappa shape index (κ2) is 18.0. The van der Waals surface area contributed by atoms with E-state index in [1.54, 1.807) is 62.5 Å². The Hall–Kier alpha value is -5.62. The van der Waals surface area contributed by atoms with Crippen LogP contribution in [0.3, 0.4) is 0 Å². The number of halogens is 2. The molecule has 0 unspecified atom stereocenters. The van der Waals surface area contributed by atoms with Crippen molar-refractivity contribution >= 4 is 35.2 Å². The van der Waals surface area contributed by atoms with Crippen molar-refractivity contribution < 1.29 is 37.8 Å². The predicted octanol–water partition coefficient (Wildman–Crippen LogP) is 5.31. The molecule has 272 valence electrons. The number of hydrogen-bond donors (Lipinski definition) is 3. The van der Waals surface area contributed by atoms with Crippen molar-refractivity contribution in [3.63, 3.8) is 0 Å². The molecule has 3 N–H and O–H groups in total. The summed E-state index contributed by atoms with van der Waals surface area (Å²) < 4.78 is 31.8. The highest BCUT2D eigenvalue weighted by atomic mass is 35.5. The van der Waals surface area contributed by atoms with Gasteiger partial charge < -0.3 is 35.1 Å². The van der Waals surface area contributed by atoms with E-state index in [0.717, 1.165) is 5.56 Å². The Balaban J connectivity index is 1.30. The number of likely N-dealkylation sites (N-methyl/N-ethyl adjacent to an activating group) is 1. The summed E-state index contributed by atoms with van der Waals surface area (Å²) in [4.78, 5) is 55.5. The average molecular weight is 731 g/mol. The average Bonchev–Trinajstić information content (AvgIpc) is 3.12. The van der Waals surface area contributed by atoms with Crippen LogP contribution < -0.4 is 30.2 Å². The lowest BCUT2D eigenvalue weighted by atomic mass is 10.0. The van der Waals surface area contributed by atoms with Gasteiger partial charge in [-0.1, -0.05) is 60.1 Å². The molecule has 1 aliphatic rings. The fourth-order valence-electron chi connectivity index (χ4n) is 5.48. The first-order valence-electron chi connectivity index (χ1n) is 16.8. The normalized spacial score (nSPS) is 17.6. The van der Waals surface area contributed by atoms with Crippen LogP contribution in [0.4, 0.5) is 4.39 Å². The van der Waals surface area contributed by atoms with Gasteiger partial charge in [0.15, 0.2) is 11.5 Å². The minimum absolute atomic E-state index is 0.0438. The van der Waals surface area contributed by atoms with Crippen molar-refractivity contribution in [2.45, 2.75) is 44.3 Å². The van der Waals surface area contributed by atoms with E-state index < -0.39 is 41.7 Å². The summed E-state index contributed by atoms with van der Waals surface area (Å²) in [6, 6.07) is 23.7. The zero-order valence-electron chi connectivity index (χ0n) is 28.8. The summed E-state index contributed by atoms with van der Waals surface area (Å²) >= 11 is 6.06. The first kappa shape index (κ1) is 37.6. The summed E-state index contributed by atoms with van der Waals surface area (Å²) in [5.41, 5.74) is 1.05. The van der Waals surface area contributed by atoms with Gasteiger partial charge in [0.05, 0.1) is 18.2 Å². The molecule has 4 amide bonds. The highest BCUT2D eigenvalue weighted by molar-refractivity contribution is 6.30. The number of carbonyl (C=O) groups excluding carboxylic acids is 4. The SMILES string of the molecule is C[C@H](COc1ccc(F)cc1Oc1cccc(Cl)c1)NC(=O)[C@@H]1CCC(=O)N[C@H](Cc2ccccc2)C(=O)N(C)CCOc2ccccc2C(=O)N1. The van der Waals surface area contributed by atoms with Gasteiger partial charge in [-0.15, -0.1) is 0 Å². The summed E-state index contributed by atoms with van der Waals surface area (Å²) in [5, 5.41) is 8.86. The number of para-hydroxylation sites is 1. The third kappa shape index (κ3) is 10.7. The molecule has 52 heavy (non-hydrogen) atoms. The van der Waals surface area contributed by atoms with E-state index in [2.05, 4.69) is 16.0 Å². The molecule has 0 saturated heterocycles. The number of rotatable bonds is 9. The van der Waals surface area contributed by atoms with E-state index in [4.69, 9.17) is 25.8 Å². The molecular weight excluding hydrogens is 691 g/mol. The van der Waals surface area contributed by atoms with E-state index in [0.29, 0.717) is 10.8 Å². The van der Waals surface area contributed by atoms with Crippen molar-refractivity contribution in [1.29, 1.82) is 0 Å². The molecule has 11 nitrogen and oxygen atoms in total. The second-order valence-corrected chi connectivity index (χ2v) is 12.8. The van der Waals surface area contributed by atoms with Crippen LogP contribution in [-0.2, 0) is 20.8 Å². The molecular formula is C39H40ClFN4O7. The van der Waals surface area contributed by atoms with Crippen molar-refractivity contribution in [2.24, 2.45) is 0 Å². The van der Waals surface area contributed by atoms with Crippen LogP contribution in [0.2, 0.25) is 5.02 Å². The maximum Gasteiger partial charge on any atom is 0.255 e. The Kier molecular flexibility index (Phi) is 13.1. The number of fused-ring (bicyclic) bond motifs is 1. The van der Waals surface area contributed by atoms with Crippen LogP contribution in [0.1, 0.15) is 35.7 Å². The van der Waals surface area contributed by atoms with Gasteiger partial charge in [-0.05, 0) is 61.4 Å². The quantitative estimate of drug-likeness (QED) is 0.213. The molecule has 1 heterocycles.